The summed E-state index contributed by atoms with van der Waals surface area (Å²) in [4.78, 5) is 0. The van der Waals surface area contributed by atoms with Gasteiger partial charge in [-0.2, -0.15) is 0 Å². The van der Waals surface area contributed by atoms with Crippen LogP contribution in [0.15, 0.2) is 0 Å². The summed E-state index contributed by atoms with van der Waals surface area (Å²) in [6, 6.07) is 0. The first-order valence-corrected chi connectivity index (χ1v) is 0. The minimum absolute atomic E-state index is 0. The topological polar surface area (TPSA) is 0 Å². The summed E-state index contributed by atoms with van der Waals surface area (Å²) >= 11 is 0. The van der Waals surface area contributed by atoms with Gasteiger partial charge in [0.2, 0.25) is 0 Å². The largest absolute Gasteiger partial charge is 0 e. The fraction of sp³-hybridized carbons (Fsp3) is 0. The van der Waals surface area contributed by atoms with E-state index < -0.39 is 0 Å². The molecule has 0 saturated carbocycles. The average Bonchev–Trinajstić information content (AvgIpc) is 0. The Labute approximate surface area is 3290 Å². The molecule has 0 aliphatic heterocycles. The van der Waals surface area contributed by atoms with Crippen molar-refractivity contribution < 1.29 is 3440 Å². The van der Waals surface area contributed by atoms with Crippen LogP contribution in [0.2, 0.25) is 0 Å². The molecule has 0 aromatic carbocycles. The zero-order valence-electron chi connectivity index (χ0n) is 29.7. The summed E-state index contributed by atoms with van der Waals surface area (Å²) in [6.07, 6.45) is 0. The third-order valence-electron chi connectivity index (χ3n) is 0. The van der Waals surface area contributed by atoms with Gasteiger partial charge in [0, 0.05) is 3440 Å². The van der Waals surface area contributed by atoms with Gasteiger partial charge >= 0.3 is 0 Å². The van der Waals surface area contributed by atoms with Crippen LogP contribution in [0.1, 0.15) is 0 Å². The fourth-order valence-corrected chi connectivity index (χ4v) is 0. The molecule has 0 amide bonds. The number of hydrogen-bond donors (Lipinski definition) is 0. The molecule has 0 heterocycles. The SMILES string of the molecule is [Tb].[Tb].[Tb].[Tb].[Tb].[Tb].[Tb].[Tb].[Tb].[Tb].[Tb].[Tb].[Tb].[Tb].[Tb].[Tb].[Tb].[Tb].[Tb].[Tb].[Tb].[Tb].[Tb].[Tb].[Tb].[Tb].[Tb].[Tb].[Tb].[Tb].[Tb].[Tb].[Tb].[Tb].[Tb].[Tb].[Tb].[Tb].[Tb].[Tb].[Tb].[Tb].[Tb].[Tb].[Tb].[Tb].[Tb].[Tb].[Tb].[Tb].[Tb].[Tb].[Tb].[Tb].[Tb].[Tb].[Tb].[Tb].[Tb].[Tb].[Tb].[Tb].[Tb].[Tb].[Tb].[Tb].[Tb].[Tb].[Tb].[Tb].[Tb].[Tb].[Tb].[Tb].[Tb].[Tb].[Tb].[Tb].[Tb].[Tb].[Tb].[Tb].[Tb].[Tb].[Tb].[Tb].[Tb].[Tb].[Tb]. The van der Waals surface area contributed by atoms with E-state index in [2.05, 4.69) is 0 Å². The van der Waals surface area contributed by atoms with Gasteiger partial charge in [0.05, 0.1) is 0 Å². The predicted molar refractivity (Wildman–Crippen MR) is 0 cm³/mol. The second-order valence-electron chi connectivity index (χ2n) is 0. The number of rotatable bonds is 0. The molecule has 0 aliphatic carbocycles. The van der Waals surface area contributed by atoms with E-state index in [-0.39, 0.29) is 3440 Å². The molecule has 89 heavy (non-hydrogen) atoms. The van der Waals surface area contributed by atoms with Crippen molar-refractivity contribution >= 4 is 0 Å². The Kier molecular flexibility index (Phi) is 4490. The van der Waals surface area contributed by atoms with E-state index in [0.29, 0.717) is 0 Å². The van der Waals surface area contributed by atoms with E-state index in [1.807, 2.05) is 0 Å². The van der Waals surface area contributed by atoms with Gasteiger partial charge in [0.1, 0.15) is 0 Å². The van der Waals surface area contributed by atoms with E-state index >= 15 is 0 Å². The Hall–Kier alpha value is 114. The molecular weight excluding hydrogens is 14100 g/mol. The summed E-state index contributed by atoms with van der Waals surface area (Å²) < 4.78 is 0. The molecule has 89 heteroatoms. The minimum atomic E-state index is 0. The predicted octanol–water partition coefficient (Wildman–Crippen LogP) is 0. The van der Waals surface area contributed by atoms with Crippen molar-refractivity contribution in [2.75, 3.05) is 0 Å². The van der Waals surface area contributed by atoms with Crippen molar-refractivity contribution in [1.82, 2.24) is 0 Å². The molecule has 0 aliphatic rings. The molecule has 0 rings (SSSR count). The first-order chi connectivity index (χ1) is 0. The third-order valence-corrected chi connectivity index (χ3v) is 0. The summed E-state index contributed by atoms with van der Waals surface area (Å²) in [5, 5.41) is 0. The Morgan fingerprint density at radius 1 is 0.0112 bits per heavy atom. The van der Waals surface area contributed by atoms with Crippen LogP contribution in [0.3, 0.4) is 0 Å². The monoisotopic (exact) mass is 14100 g/mol. The van der Waals surface area contributed by atoms with Crippen LogP contribution in [0, 0.1) is 3440 Å². The van der Waals surface area contributed by atoms with Crippen LogP contribution in [-0.2, 0) is 0 Å². The molecule has 0 atom stereocenters. The summed E-state index contributed by atoms with van der Waals surface area (Å²) in [5.74, 6) is 0. The molecule has 801 valence electrons. The maximum absolute atomic E-state index is 0. The minimum Gasteiger partial charge on any atom is 0 e. The molecular formula is Tb89. The molecule has 0 saturated heterocycles. The molecule has 0 bridgehead atoms. The molecule has 0 unspecified atom stereocenters. The van der Waals surface area contributed by atoms with Crippen LogP contribution >= 0.6 is 0 Å². The maximum atomic E-state index is 0. The van der Waals surface area contributed by atoms with Gasteiger partial charge in [0.15, 0.2) is 0 Å². The fourth-order valence-electron chi connectivity index (χ4n) is 0. The molecule has 0 N–H and O–H groups in total. The van der Waals surface area contributed by atoms with E-state index in [4.69, 9.17) is 0 Å². The van der Waals surface area contributed by atoms with Gasteiger partial charge in [-0.15, -0.1) is 0 Å². The normalized spacial score (nSPS) is 0. The van der Waals surface area contributed by atoms with Gasteiger partial charge < -0.3 is 0 Å². The van der Waals surface area contributed by atoms with E-state index in [9.17, 15) is 0 Å². The molecule has 0 nitrogen and oxygen atoms in total. The van der Waals surface area contributed by atoms with Crippen molar-refractivity contribution in [1.29, 1.82) is 0 Å². The van der Waals surface area contributed by atoms with Crippen molar-refractivity contribution in [3.63, 3.8) is 0 Å². The van der Waals surface area contributed by atoms with Crippen LogP contribution in [0.5, 0.6) is 0 Å². The smallest absolute Gasteiger partial charge is 0 e. The quantitative estimate of drug-likeness (QED) is 0.321. The maximum Gasteiger partial charge on any atom is 0 e. The van der Waals surface area contributed by atoms with Crippen LogP contribution in [-0.4, -0.2) is 0 Å². The van der Waals surface area contributed by atoms with Crippen molar-refractivity contribution in [2.24, 2.45) is 0 Å². The first kappa shape index (κ1) is 637. The third kappa shape index (κ3) is 621. The van der Waals surface area contributed by atoms with E-state index in [1.54, 1.807) is 0 Å². The van der Waals surface area contributed by atoms with Gasteiger partial charge in [-0.25, -0.2) is 0 Å². The molecule has 89 radical (unpaired) electrons. The zero-order chi connectivity index (χ0) is 0. The number of hydrogen-bond acceptors (Lipinski definition) is 0. The summed E-state index contributed by atoms with van der Waals surface area (Å²) in [7, 11) is 0. The van der Waals surface area contributed by atoms with Gasteiger partial charge in [-0.1, -0.05) is 0 Å². The molecule has 0 aromatic heterocycles. The van der Waals surface area contributed by atoms with E-state index in [0.717, 1.165) is 0 Å². The van der Waals surface area contributed by atoms with Crippen molar-refractivity contribution in [3.05, 3.63) is 0 Å². The Bertz CT molecular complexity index is 0. The zero-order valence-corrected chi connectivity index (χ0v) is 220. The van der Waals surface area contributed by atoms with Crippen LogP contribution in [0.4, 0.5) is 0 Å². The van der Waals surface area contributed by atoms with Crippen molar-refractivity contribution in [2.45, 2.75) is 0 Å². The molecule has 0 aromatic rings. The second-order valence-corrected chi connectivity index (χ2v) is 0. The van der Waals surface area contributed by atoms with Gasteiger partial charge in [-0.05, 0) is 0 Å². The second kappa shape index (κ2) is 627. The Morgan fingerprint density at radius 3 is 0.0112 bits per heavy atom. The summed E-state index contributed by atoms with van der Waals surface area (Å²) in [5.41, 5.74) is 0. The van der Waals surface area contributed by atoms with Gasteiger partial charge in [-0.3, -0.25) is 0 Å². The van der Waals surface area contributed by atoms with E-state index in [1.165, 1.54) is 0 Å². The Balaban J connectivity index is 0. The first-order valence-electron chi connectivity index (χ1n) is 0. The average molecular weight is 14100 g/mol. The Morgan fingerprint density at radius 2 is 0.0112 bits per heavy atom. The van der Waals surface area contributed by atoms with Crippen LogP contribution < -0.4 is 0 Å². The van der Waals surface area contributed by atoms with Crippen molar-refractivity contribution in [3.8, 4) is 0 Å². The standard InChI is InChI=1S/89Tb. The molecule has 0 spiro atoms. The van der Waals surface area contributed by atoms with Gasteiger partial charge in [0.25, 0.3) is 0 Å². The van der Waals surface area contributed by atoms with Crippen LogP contribution in [0.25, 0.3) is 0 Å². The summed E-state index contributed by atoms with van der Waals surface area (Å²) in [6.45, 7) is 0. The molecule has 0 fully saturated rings.